The van der Waals surface area contributed by atoms with Gasteiger partial charge in [0.05, 0.1) is 0 Å². The molecule has 0 heterocycles. The van der Waals surface area contributed by atoms with E-state index in [1.54, 1.807) is 0 Å². The number of carbonyl (C=O) groups is 1. The normalized spacial score (nSPS) is 10.6. The summed E-state index contributed by atoms with van der Waals surface area (Å²) in [6, 6.07) is 10.00. The predicted molar refractivity (Wildman–Crippen MR) is 63.6 cm³/mol. The zero-order valence-electron chi connectivity index (χ0n) is 8.67. The lowest BCUT2D eigenvalue weighted by Gasteiger charge is -2.09. The number of halogens is 1. The average molecular weight is 219 g/mol. The maximum Gasteiger partial charge on any atom is 0.252 e. The SMILES string of the molecule is Cc1cc2ccccc2c(C)c1C(=O)Cl. The third-order valence-electron chi connectivity index (χ3n) is 2.70. The molecule has 2 heteroatoms. The van der Waals surface area contributed by atoms with Crippen LogP contribution < -0.4 is 0 Å². The van der Waals surface area contributed by atoms with Gasteiger partial charge in [-0.25, -0.2) is 0 Å². The summed E-state index contributed by atoms with van der Waals surface area (Å²) in [4.78, 5) is 11.3. The van der Waals surface area contributed by atoms with E-state index >= 15 is 0 Å². The van der Waals surface area contributed by atoms with Crippen LogP contribution in [0.3, 0.4) is 0 Å². The molecule has 0 aromatic heterocycles. The van der Waals surface area contributed by atoms with Gasteiger partial charge < -0.3 is 0 Å². The molecule has 0 fully saturated rings. The lowest BCUT2D eigenvalue weighted by Crippen LogP contribution is -1.98. The molecular formula is C13H11ClO. The van der Waals surface area contributed by atoms with Gasteiger partial charge in [0.2, 0.25) is 0 Å². The predicted octanol–water partition coefficient (Wildman–Crippen LogP) is 3.84. The molecule has 76 valence electrons. The summed E-state index contributed by atoms with van der Waals surface area (Å²) in [6.45, 7) is 3.85. The quantitative estimate of drug-likeness (QED) is 0.665. The molecule has 0 saturated heterocycles. The van der Waals surface area contributed by atoms with Crippen LogP contribution in [0.2, 0.25) is 0 Å². The van der Waals surface area contributed by atoms with Crippen molar-refractivity contribution in [3.05, 3.63) is 47.0 Å². The average Bonchev–Trinajstić information content (AvgIpc) is 2.17. The van der Waals surface area contributed by atoms with Gasteiger partial charge in [0.1, 0.15) is 0 Å². The van der Waals surface area contributed by atoms with Crippen LogP contribution in [-0.2, 0) is 0 Å². The molecule has 0 radical (unpaired) electrons. The van der Waals surface area contributed by atoms with Crippen LogP contribution in [0.15, 0.2) is 30.3 Å². The highest BCUT2D eigenvalue weighted by Gasteiger charge is 2.12. The van der Waals surface area contributed by atoms with Gasteiger partial charge >= 0.3 is 0 Å². The van der Waals surface area contributed by atoms with E-state index in [0.29, 0.717) is 5.56 Å². The van der Waals surface area contributed by atoms with E-state index in [1.165, 1.54) is 0 Å². The maximum atomic E-state index is 11.3. The van der Waals surface area contributed by atoms with Gasteiger partial charge in [-0.15, -0.1) is 0 Å². The van der Waals surface area contributed by atoms with Crippen molar-refractivity contribution >= 4 is 27.6 Å². The van der Waals surface area contributed by atoms with E-state index in [4.69, 9.17) is 11.6 Å². The summed E-state index contributed by atoms with van der Waals surface area (Å²) >= 11 is 5.58. The van der Waals surface area contributed by atoms with Crippen LogP contribution in [-0.4, -0.2) is 5.24 Å². The number of rotatable bonds is 1. The number of fused-ring (bicyclic) bond motifs is 1. The van der Waals surface area contributed by atoms with Crippen LogP contribution in [0.1, 0.15) is 21.5 Å². The van der Waals surface area contributed by atoms with Gasteiger partial charge in [0.25, 0.3) is 5.24 Å². The van der Waals surface area contributed by atoms with Crippen molar-refractivity contribution in [3.8, 4) is 0 Å². The van der Waals surface area contributed by atoms with E-state index in [2.05, 4.69) is 0 Å². The molecule has 0 bridgehead atoms. The van der Waals surface area contributed by atoms with Gasteiger partial charge in [0.15, 0.2) is 0 Å². The van der Waals surface area contributed by atoms with E-state index < -0.39 is 0 Å². The Morgan fingerprint density at radius 2 is 1.87 bits per heavy atom. The first-order valence-corrected chi connectivity index (χ1v) is 5.18. The Morgan fingerprint density at radius 3 is 2.53 bits per heavy atom. The van der Waals surface area contributed by atoms with Crippen LogP contribution in [0, 0.1) is 13.8 Å². The van der Waals surface area contributed by atoms with Crippen molar-refractivity contribution in [1.29, 1.82) is 0 Å². The molecule has 0 atom stereocenters. The van der Waals surface area contributed by atoms with Crippen LogP contribution in [0.25, 0.3) is 10.8 Å². The maximum absolute atomic E-state index is 11.3. The fourth-order valence-corrected chi connectivity index (χ4v) is 2.29. The minimum absolute atomic E-state index is 0.379. The molecular weight excluding hydrogens is 208 g/mol. The molecule has 2 rings (SSSR count). The van der Waals surface area contributed by atoms with Gasteiger partial charge in [0, 0.05) is 5.56 Å². The molecule has 0 saturated carbocycles. The topological polar surface area (TPSA) is 17.1 Å². The lowest BCUT2D eigenvalue weighted by atomic mass is 9.96. The minimum Gasteiger partial charge on any atom is -0.276 e. The molecule has 0 unspecified atom stereocenters. The first-order chi connectivity index (χ1) is 7.11. The molecule has 0 N–H and O–H groups in total. The summed E-state index contributed by atoms with van der Waals surface area (Å²) < 4.78 is 0. The van der Waals surface area contributed by atoms with Crippen molar-refractivity contribution < 1.29 is 4.79 Å². The Morgan fingerprint density at radius 1 is 1.20 bits per heavy atom. The van der Waals surface area contributed by atoms with Crippen LogP contribution in [0.5, 0.6) is 0 Å². The molecule has 0 aliphatic heterocycles. The standard InChI is InChI=1S/C13H11ClO/c1-8-7-10-5-3-4-6-11(10)9(2)12(8)13(14)15/h3-7H,1-2H3. The Balaban J connectivity index is 2.90. The van der Waals surface area contributed by atoms with Crippen LogP contribution in [0.4, 0.5) is 0 Å². The number of hydrogen-bond acceptors (Lipinski definition) is 1. The molecule has 2 aromatic rings. The van der Waals surface area contributed by atoms with Gasteiger partial charge in [-0.1, -0.05) is 30.3 Å². The van der Waals surface area contributed by atoms with E-state index in [1.807, 2.05) is 44.2 Å². The van der Waals surface area contributed by atoms with Gasteiger partial charge in [-0.05, 0) is 47.3 Å². The number of benzene rings is 2. The molecule has 0 spiro atoms. The van der Waals surface area contributed by atoms with Crippen molar-refractivity contribution in [3.63, 3.8) is 0 Å². The molecule has 0 aliphatic carbocycles. The summed E-state index contributed by atoms with van der Waals surface area (Å²) in [5, 5.41) is 1.86. The third kappa shape index (κ3) is 1.64. The smallest absolute Gasteiger partial charge is 0.252 e. The zero-order valence-corrected chi connectivity index (χ0v) is 9.43. The van der Waals surface area contributed by atoms with Crippen molar-refractivity contribution in [2.75, 3.05) is 0 Å². The highest BCUT2D eigenvalue weighted by Crippen LogP contribution is 2.26. The summed E-state index contributed by atoms with van der Waals surface area (Å²) in [7, 11) is 0. The summed E-state index contributed by atoms with van der Waals surface area (Å²) in [5.74, 6) is 0. The fraction of sp³-hybridized carbons (Fsp3) is 0.154. The second-order valence-corrected chi connectivity index (χ2v) is 4.03. The Kier molecular flexibility index (Phi) is 2.49. The number of hydrogen-bond donors (Lipinski definition) is 0. The summed E-state index contributed by atoms with van der Waals surface area (Å²) in [6.07, 6.45) is 0. The molecule has 0 amide bonds. The van der Waals surface area contributed by atoms with Gasteiger partial charge in [-0.2, -0.15) is 0 Å². The Bertz CT molecular complexity index is 543. The first kappa shape index (κ1) is 10.2. The zero-order chi connectivity index (χ0) is 11.0. The highest BCUT2D eigenvalue weighted by atomic mass is 35.5. The second-order valence-electron chi connectivity index (χ2n) is 3.69. The van der Waals surface area contributed by atoms with E-state index in [-0.39, 0.29) is 5.24 Å². The first-order valence-electron chi connectivity index (χ1n) is 4.80. The monoisotopic (exact) mass is 218 g/mol. The molecule has 1 nitrogen and oxygen atoms in total. The van der Waals surface area contributed by atoms with Crippen molar-refractivity contribution in [2.24, 2.45) is 0 Å². The second kappa shape index (κ2) is 3.67. The largest absolute Gasteiger partial charge is 0.276 e. The Hall–Kier alpha value is -1.34. The minimum atomic E-state index is -0.379. The molecule has 15 heavy (non-hydrogen) atoms. The molecule has 0 aliphatic rings. The fourth-order valence-electron chi connectivity index (χ4n) is 2.00. The number of aryl methyl sites for hydroxylation is 2. The van der Waals surface area contributed by atoms with E-state index in [9.17, 15) is 4.79 Å². The van der Waals surface area contributed by atoms with E-state index in [0.717, 1.165) is 21.9 Å². The Labute approximate surface area is 93.7 Å². The third-order valence-corrected chi connectivity index (χ3v) is 2.89. The van der Waals surface area contributed by atoms with Crippen LogP contribution >= 0.6 is 11.6 Å². The van der Waals surface area contributed by atoms with Gasteiger partial charge in [-0.3, -0.25) is 4.79 Å². The number of carbonyl (C=O) groups excluding carboxylic acids is 1. The van der Waals surface area contributed by atoms with Crippen molar-refractivity contribution in [1.82, 2.24) is 0 Å². The highest BCUT2D eigenvalue weighted by molar-refractivity contribution is 6.68. The lowest BCUT2D eigenvalue weighted by molar-refractivity contribution is 0.108. The molecule has 2 aromatic carbocycles. The van der Waals surface area contributed by atoms with Crippen molar-refractivity contribution in [2.45, 2.75) is 13.8 Å². The summed E-state index contributed by atoms with van der Waals surface area (Å²) in [5.41, 5.74) is 2.53.